The molecule has 9 heteroatoms. The predicted molar refractivity (Wildman–Crippen MR) is 216 cm³/mol. The molecule has 52 heavy (non-hydrogen) atoms. The molecular weight excluding hydrogens is 675 g/mol. The lowest BCUT2D eigenvalue weighted by Gasteiger charge is -2.18. The number of phosphoric acid groups is 1. The van der Waals surface area contributed by atoms with E-state index >= 15 is 0 Å². The standard InChI is InChI=1S/C43H77O8P/c1-3-5-7-9-11-13-15-17-19-20-21-22-24-25-27-29-31-33-35-37-42(44)49-39-41(40-50-52(46,47)48)51-43(45)38-36-34-32-30-28-26-23-18-16-14-12-10-8-6-4-2/h6,8,12,14,17-19,23,41H,3-5,7,9-11,13,15-16,20-22,24-40H2,1-2H3,(H2,46,47,48)/b8-6-,14-12-,19-17-,23-18-/t41-/m1/s1. The fourth-order valence-electron chi connectivity index (χ4n) is 5.73. The van der Waals surface area contributed by atoms with Crippen LogP contribution in [0.25, 0.3) is 0 Å². The Morgan fingerprint density at radius 2 is 0.923 bits per heavy atom. The van der Waals surface area contributed by atoms with Gasteiger partial charge in [-0.15, -0.1) is 0 Å². The summed E-state index contributed by atoms with van der Waals surface area (Å²) in [5, 5.41) is 0. The van der Waals surface area contributed by atoms with Crippen LogP contribution in [0.2, 0.25) is 0 Å². The van der Waals surface area contributed by atoms with Gasteiger partial charge in [0, 0.05) is 12.8 Å². The Labute approximate surface area is 318 Å². The quantitative estimate of drug-likeness (QED) is 0.0277. The van der Waals surface area contributed by atoms with Gasteiger partial charge in [0.25, 0.3) is 0 Å². The Kier molecular flexibility index (Phi) is 37.2. The Bertz CT molecular complexity index is 984. The van der Waals surface area contributed by atoms with Gasteiger partial charge in [0.1, 0.15) is 6.61 Å². The first-order valence-electron chi connectivity index (χ1n) is 20.9. The van der Waals surface area contributed by atoms with E-state index in [0.717, 1.165) is 77.0 Å². The lowest BCUT2D eigenvalue weighted by molar-refractivity contribution is -0.161. The Balaban J connectivity index is 3.92. The molecule has 2 N–H and O–H groups in total. The fraction of sp³-hybridized carbons (Fsp3) is 0.767. The topological polar surface area (TPSA) is 119 Å². The van der Waals surface area contributed by atoms with Crippen LogP contribution < -0.4 is 0 Å². The van der Waals surface area contributed by atoms with Crippen LogP contribution in [0.3, 0.4) is 0 Å². The average molecular weight is 753 g/mol. The van der Waals surface area contributed by atoms with Crippen molar-refractivity contribution in [3.8, 4) is 0 Å². The molecular formula is C43H77O8P. The zero-order valence-electron chi connectivity index (χ0n) is 33.2. The first-order valence-corrected chi connectivity index (χ1v) is 22.5. The molecule has 0 amide bonds. The Morgan fingerprint density at radius 3 is 1.40 bits per heavy atom. The first-order chi connectivity index (χ1) is 25.3. The summed E-state index contributed by atoms with van der Waals surface area (Å²) >= 11 is 0. The molecule has 0 heterocycles. The molecule has 8 nitrogen and oxygen atoms in total. The van der Waals surface area contributed by atoms with Crippen LogP contribution in [0.1, 0.15) is 194 Å². The van der Waals surface area contributed by atoms with E-state index in [1.165, 1.54) is 83.5 Å². The average Bonchev–Trinajstić information content (AvgIpc) is 3.11. The van der Waals surface area contributed by atoms with Gasteiger partial charge in [-0.05, 0) is 70.6 Å². The number of phosphoric ester groups is 1. The minimum atomic E-state index is -4.76. The molecule has 0 aromatic rings. The second-order valence-electron chi connectivity index (χ2n) is 13.9. The fourth-order valence-corrected chi connectivity index (χ4v) is 6.10. The second kappa shape index (κ2) is 38.7. The molecule has 0 unspecified atom stereocenters. The molecule has 302 valence electrons. The molecule has 0 aromatic heterocycles. The van der Waals surface area contributed by atoms with Crippen LogP contribution in [0.15, 0.2) is 48.6 Å². The number of hydrogen-bond donors (Lipinski definition) is 2. The van der Waals surface area contributed by atoms with Crippen molar-refractivity contribution in [2.45, 2.75) is 200 Å². The molecule has 0 bridgehead atoms. The molecule has 1 atom stereocenters. The van der Waals surface area contributed by atoms with Crippen molar-refractivity contribution >= 4 is 19.8 Å². The van der Waals surface area contributed by atoms with Crippen molar-refractivity contribution in [2.75, 3.05) is 13.2 Å². The summed E-state index contributed by atoms with van der Waals surface area (Å²) in [7, 11) is -4.76. The van der Waals surface area contributed by atoms with Gasteiger partial charge in [-0.2, -0.15) is 0 Å². The van der Waals surface area contributed by atoms with E-state index in [-0.39, 0.29) is 19.4 Å². The van der Waals surface area contributed by atoms with Gasteiger partial charge >= 0.3 is 19.8 Å². The summed E-state index contributed by atoms with van der Waals surface area (Å²) in [5.41, 5.74) is 0. The number of ether oxygens (including phenoxy) is 2. The summed E-state index contributed by atoms with van der Waals surface area (Å²) in [6.45, 7) is 3.56. The van der Waals surface area contributed by atoms with Gasteiger partial charge in [0.05, 0.1) is 6.61 Å². The van der Waals surface area contributed by atoms with E-state index in [0.29, 0.717) is 6.42 Å². The summed E-state index contributed by atoms with van der Waals surface area (Å²) in [6, 6.07) is 0. The molecule has 0 aliphatic heterocycles. The summed E-state index contributed by atoms with van der Waals surface area (Å²) in [6.07, 6.45) is 46.9. The van der Waals surface area contributed by atoms with Crippen LogP contribution in [0.4, 0.5) is 0 Å². The number of carbonyl (C=O) groups is 2. The highest BCUT2D eigenvalue weighted by Gasteiger charge is 2.22. The van der Waals surface area contributed by atoms with Crippen molar-refractivity contribution < 1.29 is 37.9 Å². The van der Waals surface area contributed by atoms with Crippen LogP contribution in [-0.2, 0) is 28.2 Å². The van der Waals surface area contributed by atoms with Crippen LogP contribution in [-0.4, -0.2) is 41.0 Å². The second-order valence-corrected chi connectivity index (χ2v) is 15.2. The van der Waals surface area contributed by atoms with Crippen LogP contribution in [0, 0.1) is 0 Å². The van der Waals surface area contributed by atoms with E-state index in [2.05, 4.69) is 67.0 Å². The molecule has 0 aliphatic rings. The zero-order valence-corrected chi connectivity index (χ0v) is 34.1. The molecule has 0 aromatic carbocycles. The van der Waals surface area contributed by atoms with Gasteiger partial charge in [-0.1, -0.05) is 159 Å². The van der Waals surface area contributed by atoms with Crippen molar-refractivity contribution in [2.24, 2.45) is 0 Å². The van der Waals surface area contributed by atoms with E-state index in [1.807, 2.05) is 0 Å². The summed E-state index contributed by atoms with van der Waals surface area (Å²) < 4.78 is 26.4. The highest BCUT2D eigenvalue weighted by Crippen LogP contribution is 2.36. The highest BCUT2D eigenvalue weighted by atomic mass is 31.2. The maximum absolute atomic E-state index is 12.4. The third-order valence-electron chi connectivity index (χ3n) is 8.83. The van der Waals surface area contributed by atoms with E-state index in [9.17, 15) is 14.2 Å². The van der Waals surface area contributed by atoms with Crippen molar-refractivity contribution in [1.82, 2.24) is 0 Å². The maximum atomic E-state index is 12.4. The van der Waals surface area contributed by atoms with Crippen molar-refractivity contribution in [3.63, 3.8) is 0 Å². The lowest BCUT2D eigenvalue weighted by Crippen LogP contribution is -2.29. The molecule has 0 aliphatic carbocycles. The minimum absolute atomic E-state index is 0.191. The highest BCUT2D eigenvalue weighted by molar-refractivity contribution is 7.46. The third-order valence-corrected chi connectivity index (χ3v) is 9.32. The molecule has 0 saturated carbocycles. The molecule has 0 rings (SSSR count). The largest absolute Gasteiger partial charge is 0.469 e. The lowest BCUT2D eigenvalue weighted by atomic mass is 10.1. The SMILES string of the molecule is CC/C=C\C/C=C\C/C=C\CCCCCCCC(=O)O[C@H](COC(=O)CCCCCCCCCCC/C=C\CCCCCCCC)COP(=O)(O)O. The number of carbonyl (C=O) groups excluding carboxylic acids is 2. The van der Waals surface area contributed by atoms with Gasteiger partial charge < -0.3 is 19.3 Å². The smallest absolute Gasteiger partial charge is 0.462 e. The van der Waals surface area contributed by atoms with E-state index in [1.54, 1.807) is 0 Å². The molecule has 0 fully saturated rings. The van der Waals surface area contributed by atoms with Gasteiger partial charge in [-0.3, -0.25) is 14.1 Å². The van der Waals surface area contributed by atoms with Crippen LogP contribution >= 0.6 is 7.82 Å². The van der Waals surface area contributed by atoms with Crippen molar-refractivity contribution in [1.29, 1.82) is 0 Å². The van der Waals surface area contributed by atoms with Crippen LogP contribution in [0.5, 0.6) is 0 Å². The molecule has 0 saturated heterocycles. The number of rotatable bonds is 38. The third kappa shape index (κ3) is 40.8. The minimum Gasteiger partial charge on any atom is -0.462 e. The number of unbranched alkanes of at least 4 members (excludes halogenated alkanes) is 20. The van der Waals surface area contributed by atoms with Crippen molar-refractivity contribution in [3.05, 3.63) is 48.6 Å². The Morgan fingerprint density at radius 1 is 0.519 bits per heavy atom. The van der Waals surface area contributed by atoms with Gasteiger partial charge in [0.15, 0.2) is 6.10 Å². The monoisotopic (exact) mass is 753 g/mol. The summed E-state index contributed by atoms with van der Waals surface area (Å²) in [5.74, 6) is -0.906. The number of esters is 2. The maximum Gasteiger partial charge on any atom is 0.469 e. The van der Waals surface area contributed by atoms with E-state index in [4.69, 9.17) is 19.3 Å². The number of hydrogen-bond acceptors (Lipinski definition) is 6. The Hall–Kier alpha value is -1.99. The zero-order chi connectivity index (χ0) is 38.2. The normalized spacial score (nSPS) is 12.9. The van der Waals surface area contributed by atoms with Gasteiger partial charge in [0.2, 0.25) is 0 Å². The predicted octanol–water partition coefficient (Wildman–Crippen LogP) is 12.7. The number of allylic oxidation sites excluding steroid dienone is 8. The molecule has 0 spiro atoms. The van der Waals surface area contributed by atoms with Gasteiger partial charge in [-0.25, -0.2) is 4.57 Å². The summed E-state index contributed by atoms with van der Waals surface area (Å²) in [4.78, 5) is 42.8. The molecule has 0 radical (unpaired) electrons. The van der Waals surface area contributed by atoms with E-state index < -0.39 is 32.5 Å². The first kappa shape index (κ1) is 50.0.